The van der Waals surface area contributed by atoms with Gasteiger partial charge in [0, 0.05) is 15.8 Å². The van der Waals surface area contributed by atoms with E-state index in [2.05, 4.69) is 44.8 Å². The highest BCUT2D eigenvalue weighted by Crippen LogP contribution is 2.27. The molecule has 1 N–H and O–H groups in total. The number of nitrogens with one attached hydrogen (secondary N) is 1. The second-order valence-electron chi connectivity index (χ2n) is 4.33. The van der Waals surface area contributed by atoms with Crippen LogP contribution in [-0.4, -0.2) is 6.54 Å². The molecule has 0 aliphatic carbocycles. The van der Waals surface area contributed by atoms with Crippen LogP contribution in [0.15, 0.2) is 24.3 Å². The van der Waals surface area contributed by atoms with Crippen molar-refractivity contribution >= 4 is 11.3 Å². The van der Waals surface area contributed by atoms with Crippen LogP contribution in [-0.2, 0) is 6.42 Å². The van der Waals surface area contributed by atoms with Gasteiger partial charge in [-0.1, -0.05) is 19.4 Å². The highest BCUT2D eigenvalue weighted by atomic mass is 32.1. The maximum absolute atomic E-state index is 4.02. The largest absolute Gasteiger partial charge is 0.309 e. The lowest BCUT2D eigenvalue weighted by molar-refractivity contribution is 0.535. The van der Waals surface area contributed by atoms with Crippen molar-refractivity contribution in [1.29, 1.82) is 0 Å². The zero-order chi connectivity index (χ0) is 12.0. The summed E-state index contributed by atoms with van der Waals surface area (Å²) in [4.78, 5) is 2.92. The molecule has 1 heterocycles. The van der Waals surface area contributed by atoms with Gasteiger partial charge in [0.05, 0.1) is 0 Å². The Morgan fingerprint density at radius 3 is 2.69 bits per heavy atom. The third kappa shape index (κ3) is 4.11. The molecule has 0 bridgehead atoms. The van der Waals surface area contributed by atoms with Crippen molar-refractivity contribution in [1.82, 2.24) is 5.32 Å². The first-order valence-corrected chi connectivity index (χ1v) is 6.95. The second-order valence-corrected chi connectivity index (χ2v) is 5.53. The van der Waals surface area contributed by atoms with E-state index in [1.54, 1.807) is 0 Å². The van der Waals surface area contributed by atoms with Crippen molar-refractivity contribution in [3.05, 3.63) is 34.0 Å². The minimum atomic E-state index is 0.461. The number of rotatable bonds is 7. The van der Waals surface area contributed by atoms with Crippen molar-refractivity contribution in [2.45, 2.75) is 46.1 Å². The van der Waals surface area contributed by atoms with Crippen LogP contribution >= 0.6 is 11.3 Å². The smallest absolute Gasteiger partial charge is 0.0452 e. The number of thiophene rings is 1. The van der Waals surface area contributed by atoms with Gasteiger partial charge in [0.2, 0.25) is 0 Å². The van der Waals surface area contributed by atoms with Gasteiger partial charge in [-0.15, -0.1) is 17.9 Å². The van der Waals surface area contributed by atoms with Gasteiger partial charge in [0.25, 0.3) is 0 Å². The lowest BCUT2D eigenvalue weighted by atomic mass is 10.1. The monoisotopic (exact) mass is 237 g/mol. The minimum absolute atomic E-state index is 0.461. The van der Waals surface area contributed by atoms with Gasteiger partial charge in [0.15, 0.2) is 0 Å². The molecule has 1 rings (SSSR count). The van der Waals surface area contributed by atoms with Crippen LogP contribution in [0.1, 0.15) is 49.4 Å². The van der Waals surface area contributed by atoms with Crippen LogP contribution in [0.2, 0.25) is 0 Å². The fourth-order valence-corrected chi connectivity index (χ4v) is 2.74. The summed E-state index contributed by atoms with van der Waals surface area (Å²) in [5.74, 6) is 0. The summed E-state index contributed by atoms with van der Waals surface area (Å²) >= 11 is 1.93. The molecule has 90 valence electrons. The maximum Gasteiger partial charge on any atom is 0.0452 e. The standard InChI is InChI=1S/C14H23NS/c1-5-9-15-13(10-11(3)4)14-8-7-12(6-2)16-14/h7-8,13,15H,3,5-6,9-10H2,1-2,4H3. The van der Waals surface area contributed by atoms with E-state index in [4.69, 9.17) is 0 Å². The average molecular weight is 237 g/mol. The molecule has 0 saturated carbocycles. The van der Waals surface area contributed by atoms with Crippen LogP contribution in [0.4, 0.5) is 0 Å². The average Bonchev–Trinajstić information content (AvgIpc) is 2.72. The van der Waals surface area contributed by atoms with E-state index < -0.39 is 0 Å². The summed E-state index contributed by atoms with van der Waals surface area (Å²) in [6.45, 7) is 11.6. The number of hydrogen-bond donors (Lipinski definition) is 1. The lowest BCUT2D eigenvalue weighted by Gasteiger charge is -2.17. The Morgan fingerprint density at radius 1 is 1.44 bits per heavy atom. The Hall–Kier alpha value is -0.600. The quantitative estimate of drug-likeness (QED) is 0.697. The molecule has 0 spiro atoms. The predicted octanol–water partition coefficient (Wildman–Crippen LogP) is 4.32. The summed E-state index contributed by atoms with van der Waals surface area (Å²) in [6.07, 6.45) is 3.36. The third-order valence-corrected chi connectivity index (χ3v) is 3.91. The molecule has 2 heteroatoms. The zero-order valence-corrected chi connectivity index (χ0v) is 11.5. The molecule has 1 atom stereocenters. The van der Waals surface area contributed by atoms with Gasteiger partial charge < -0.3 is 5.32 Å². The van der Waals surface area contributed by atoms with Gasteiger partial charge >= 0.3 is 0 Å². The fraction of sp³-hybridized carbons (Fsp3) is 0.571. The van der Waals surface area contributed by atoms with Crippen LogP contribution in [0.25, 0.3) is 0 Å². The molecule has 1 aromatic rings. The normalized spacial score (nSPS) is 12.7. The Kier molecular flexibility index (Phi) is 5.78. The molecule has 0 radical (unpaired) electrons. The van der Waals surface area contributed by atoms with E-state index in [0.29, 0.717) is 6.04 Å². The molecular weight excluding hydrogens is 214 g/mol. The first-order valence-electron chi connectivity index (χ1n) is 6.13. The first-order chi connectivity index (χ1) is 7.67. The van der Waals surface area contributed by atoms with Gasteiger partial charge in [-0.25, -0.2) is 0 Å². The number of hydrogen-bond acceptors (Lipinski definition) is 2. The van der Waals surface area contributed by atoms with Crippen molar-refractivity contribution in [2.24, 2.45) is 0 Å². The van der Waals surface area contributed by atoms with Crippen molar-refractivity contribution < 1.29 is 0 Å². The lowest BCUT2D eigenvalue weighted by Crippen LogP contribution is -2.21. The molecule has 0 amide bonds. The topological polar surface area (TPSA) is 12.0 Å². The van der Waals surface area contributed by atoms with E-state index in [9.17, 15) is 0 Å². The van der Waals surface area contributed by atoms with Crippen LogP contribution < -0.4 is 5.32 Å². The molecule has 16 heavy (non-hydrogen) atoms. The first kappa shape index (κ1) is 13.5. The highest BCUT2D eigenvalue weighted by molar-refractivity contribution is 7.12. The van der Waals surface area contributed by atoms with Gasteiger partial charge in [0.1, 0.15) is 0 Å². The fourth-order valence-electron chi connectivity index (χ4n) is 1.71. The van der Waals surface area contributed by atoms with E-state index in [0.717, 1.165) is 19.4 Å². The molecule has 1 aromatic heterocycles. The Balaban J connectivity index is 2.69. The second kappa shape index (κ2) is 6.87. The summed E-state index contributed by atoms with van der Waals surface area (Å²) < 4.78 is 0. The molecule has 0 aliphatic heterocycles. The van der Waals surface area contributed by atoms with E-state index >= 15 is 0 Å². The molecule has 0 fully saturated rings. The summed E-state index contributed by atoms with van der Waals surface area (Å²) in [5, 5.41) is 3.60. The minimum Gasteiger partial charge on any atom is -0.309 e. The SMILES string of the molecule is C=C(C)CC(NCCC)c1ccc(CC)s1. The predicted molar refractivity (Wildman–Crippen MR) is 74.2 cm³/mol. The molecule has 0 aromatic carbocycles. The van der Waals surface area contributed by atoms with Crippen molar-refractivity contribution in [2.75, 3.05) is 6.54 Å². The Bertz CT molecular complexity index is 327. The van der Waals surface area contributed by atoms with Gasteiger partial charge in [-0.05, 0) is 44.9 Å². The number of aryl methyl sites for hydroxylation is 1. The van der Waals surface area contributed by atoms with Crippen LogP contribution in [0, 0.1) is 0 Å². The van der Waals surface area contributed by atoms with E-state index in [-0.39, 0.29) is 0 Å². The summed E-state index contributed by atoms with van der Waals surface area (Å²) in [6, 6.07) is 4.97. The maximum atomic E-state index is 4.02. The summed E-state index contributed by atoms with van der Waals surface area (Å²) in [5.41, 5.74) is 1.25. The molecule has 1 unspecified atom stereocenters. The van der Waals surface area contributed by atoms with Gasteiger partial charge in [-0.2, -0.15) is 0 Å². The van der Waals surface area contributed by atoms with Crippen molar-refractivity contribution in [3.63, 3.8) is 0 Å². The summed E-state index contributed by atoms with van der Waals surface area (Å²) in [7, 11) is 0. The molecular formula is C14H23NS. The molecule has 1 nitrogen and oxygen atoms in total. The molecule has 0 aliphatic rings. The Morgan fingerprint density at radius 2 is 2.19 bits per heavy atom. The van der Waals surface area contributed by atoms with E-state index in [1.165, 1.54) is 21.7 Å². The third-order valence-electron chi connectivity index (χ3n) is 2.57. The van der Waals surface area contributed by atoms with Gasteiger partial charge in [-0.3, -0.25) is 0 Å². The van der Waals surface area contributed by atoms with E-state index in [1.807, 2.05) is 11.3 Å². The highest BCUT2D eigenvalue weighted by Gasteiger charge is 2.12. The zero-order valence-electron chi connectivity index (χ0n) is 10.7. The molecule has 0 saturated heterocycles. The van der Waals surface area contributed by atoms with Crippen LogP contribution in [0.5, 0.6) is 0 Å². The van der Waals surface area contributed by atoms with Crippen LogP contribution in [0.3, 0.4) is 0 Å². The van der Waals surface area contributed by atoms with Crippen molar-refractivity contribution in [3.8, 4) is 0 Å². The Labute approximate surface area is 104 Å².